The molecule has 0 saturated carbocycles. The average Bonchev–Trinajstić information content (AvgIpc) is 1.90. The van der Waals surface area contributed by atoms with E-state index in [1.807, 2.05) is 0 Å². The summed E-state index contributed by atoms with van der Waals surface area (Å²) < 4.78 is 0. The third-order valence-corrected chi connectivity index (χ3v) is 0.718. The Balaban J connectivity index is 4.07. The molecule has 0 aromatic heterocycles. The van der Waals surface area contributed by atoms with E-state index in [0.717, 1.165) is 6.20 Å². The van der Waals surface area contributed by atoms with Crippen molar-refractivity contribution in [3.8, 4) is 12.1 Å². The molecule has 0 aliphatic heterocycles. The minimum absolute atomic E-state index is 0.0306. The van der Waals surface area contributed by atoms with Gasteiger partial charge in [-0.3, -0.25) is 0 Å². The lowest BCUT2D eigenvalue weighted by Gasteiger charge is -1.91. The molecule has 0 aromatic rings. The molecule has 0 saturated heterocycles. The first-order valence-corrected chi connectivity index (χ1v) is 2.68. The Bertz CT molecular complexity index is 225. The molecule has 3 N–H and O–H groups in total. The topological polar surface area (TPSA) is 85.6 Å². The first-order valence-electron chi connectivity index (χ1n) is 2.27. The number of hydrogen-bond donors (Lipinski definition) is 2. The second kappa shape index (κ2) is 4.30. The van der Waals surface area contributed by atoms with E-state index >= 15 is 0 Å². The van der Waals surface area contributed by atoms with E-state index in [9.17, 15) is 0 Å². The molecule has 0 aromatic carbocycles. The number of nitrogens with zero attached hydrogens (tertiary/aromatic N) is 2. The van der Waals surface area contributed by atoms with Crippen molar-refractivity contribution in [2.75, 3.05) is 0 Å². The van der Waals surface area contributed by atoms with Crippen LogP contribution in [-0.2, 0) is 0 Å². The molecule has 0 atom stereocenters. The zero-order valence-electron chi connectivity index (χ0n) is 4.96. The molecule has 0 rings (SSSR count). The monoisotopic (exact) mass is 152 g/mol. The number of nitriles is 2. The van der Waals surface area contributed by atoms with Crippen molar-refractivity contribution in [3.63, 3.8) is 0 Å². The molecule has 50 valence electrons. The van der Waals surface area contributed by atoms with Crippen molar-refractivity contribution in [1.82, 2.24) is 5.32 Å². The molecule has 0 amide bonds. The van der Waals surface area contributed by atoms with Gasteiger partial charge in [-0.15, -0.1) is 0 Å². The lowest BCUT2D eigenvalue weighted by Crippen LogP contribution is -2.24. The molecule has 4 nitrogen and oxygen atoms in total. The number of hydrogen-bond acceptors (Lipinski definition) is 3. The molecule has 10 heavy (non-hydrogen) atoms. The molecular formula is C5H4N4S. The Morgan fingerprint density at radius 1 is 1.50 bits per heavy atom. The molecule has 0 unspecified atom stereocenters. The van der Waals surface area contributed by atoms with Crippen molar-refractivity contribution in [2.45, 2.75) is 0 Å². The predicted octanol–water partition coefficient (Wildman–Crippen LogP) is -0.249. The normalized spacial score (nSPS) is 6.60. The highest BCUT2D eigenvalue weighted by Crippen LogP contribution is 1.83. The van der Waals surface area contributed by atoms with Crippen LogP contribution < -0.4 is 11.1 Å². The molecule has 0 heterocycles. The number of allylic oxidation sites excluding steroid dienone is 1. The maximum Gasteiger partial charge on any atom is 0.167 e. The minimum Gasteiger partial charge on any atom is -0.376 e. The van der Waals surface area contributed by atoms with E-state index in [4.69, 9.17) is 16.3 Å². The van der Waals surface area contributed by atoms with Gasteiger partial charge in [-0.1, -0.05) is 0 Å². The van der Waals surface area contributed by atoms with Crippen LogP contribution in [0.25, 0.3) is 0 Å². The zero-order chi connectivity index (χ0) is 7.98. The van der Waals surface area contributed by atoms with Gasteiger partial charge in [-0.2, -0.15) is 10.5 Å². The van der Waals surface area contributed by atoms with E-state index in [1.54, 1.807) is 12.1 Å². The molecule has 5 heteroatoms. The van der Waals surface area contributed by atoms with Gasteiger partial charge in [-0.25, -0.2) is 0 Å². The fourth-order valence-electron chi connectivity index (χ4n) is 0.233. The van der Waals surface area contributed by atoms with Crippen LogP contribution in [0.4, 0.5) is 0 Å². The Morgan fingerprint density at radius 2 is 2.00 bits per heavy atom. The fourth-order valence-corrected chi connectivity index (χ4v) is 0.292. The molecular weight excluding hydrogens is 148 g/mol. The Labute approximate surface area is 63.5 Å². The molecule has 0 aliphatic carbocycles. The van der Waals surface area contributed by atoms with Crippen LogP contribution in [0.2, 0.25) is 0 Å². The van der Waals surface area contributed by atoms with Crippen LogP contribution in [0.5, 0.6) is 0 Å². The van der Waals surface area contributed by atoms with Crippen molar-refractivity contribution in [1.29, 1.82) is 10.5 Å². The maximum atomic E-state index is 8.17. The highest BCUT2D eigenvalue weighted by Gasteiger charge is 1.88. The third kappa shape index (κ3) is 3.42. The van der Waals surface area contributed by atoms with Gasteiger partial charge in [0.15, 0.2) is 5.11 Å². The summed E-state index contributed by atoms with van der Waals surface area (Å²) in [6, 6.07) is 3.26. The highest BCUT2D eigenvalue weighted by molar-refractivity contribution is 7.80. The summed E-state index contributed by atoms with van der Waals surface area (Å²) in [7, 11) is 0. The predicted molar refractivity (Wildman–Crippen MR) is 39.2 cm³/mol. The van der Waals surface area contributed by atoms with Crippen molar-refractivity contribution >= 4 is 17.3 Å². The van der Waals surface area contributed by atoms with Gasteiger partial charge in [0.05, 0.1) is 0 Å². The lowest BCUT2D eigenvalue weighted by atomic mass is 10.4. The molecule has 0 spiro atoms. The van der Waals surface area contributed by atoms with Crippen LogP contribution in [-0.4, -0.2) is 5.11 Å². The van der Waals surface area contributed by atoms with Gasteiger partial charge in [0, 0.05) is 6.20 Å². The van der Waals surface area contributed by atoms with Gasteiger partial charge in [0.1, 0.15) is 17.7 Å². The van der Waals surface area contributed by atoms with E-state index in [0.29, 0.717) is 0 Å². The van der Waals surface area contributed by atoms with Crippen LogP contribution in [0.1, 0.15) is 0 Å². The van der Waals surface area contributed by atoms with E-state index < -0.39 is 0 Å². The molecule has 0 fully saturated rings. The van der Waals surface area contributed by atoms with Crippen LogP contribution in [0, 0.1) is 22.7 Å². The van der Waals surface area contributed by atoms with Gasteiger partial charge in [0.25, 0.3) is 0 Å². The average molecular weight is 152 g/mol. The van der Waals surface area contributed by atoms with Crippen LogP contribution >= 0.6 is 12.2 Å². The van der Waals surface area contributed by atoms with Crippen LogP contribution in [0.3, 0.4) is 0 Å². The van der Waals surface area contributed by atoms with Gasteiger partial charge in [0.2, 0.25) is 0 Å². The van der Waals surface area contributed by atoms with Gasteiger partial charge in [-0.05, 0) is 12.2 Å². The number of rotatable bonds is 1. The Morgan fingerprint density at radius 3 is 2.30 bits per heavy atom. The summed E-state index contributed by atoms with van der Waals surface area (Å²) in [5, 5.41) is 18.7. The Hall–Kier alpha value is -1.59. The summed E-state index contributed by atoms with van der Waals surface area (Å²) >= 11 is 4.41. The SMILES string of the molecule is N#CC(C#N)=CNC(N)=S. The largest absolute Gasteiger partial charge is 0.376 e. The summed E-state index contributed by atoms with van der Waals surface area (Å²) in [4.78, 5) is 0. The number of thiocarbonyl (C=S) groups is 1. The van der Waals surface area contributed by atoms with Crippen molar-refractivity contribution < 1.29 is 0 Å². The fraction of sp³-hybridized carbons (Fsp3) is 0. The number of nitrogens with one attached hydrogen (secondary N) is 1. The minimum atomic E-state index is -0.0622. The standard InChI is InChI=1S/C5H4N4S/c6-1-4(2-7)3-9-5(8)10/h3H,(H3,8,9,10). The quantitative estimate of drug-likeness (QED) is 0.399. The Kier molecular flexibility index (Phi) is 3.62. The zero-order valence-corrected chi connectivity index (χ0v) is 5.77. The van der Waals surface area contributed by atoms with Gasteiger partial charge < -0.3 is 11.1 Å². The molecule has 0 bridgehead atoms. The first kappa shape index (κ1) is 8.41. The summed E-state index contributed by atoms with van der Waals surface area (Å²) in [5.41, 5.74) is 4.94. The number of nitrogens with two attached hydrogens (primary N) is 1. The van der Waals surface area contributed by atoms with E-state index in [1.165, 1.54) is 0 Å². The highest BCUT2D eigenvalue weighted by atomic mass is 32.1. The van der Waals surface area contributed by atoms with Gasteiger partial charge >= 0.3 is 0 Å². The second-order valence-corrected chi connectivity index (χ2v) is 1.73. The maximum absolute atomic E-state index is 8.17. The molecule has 0 radical (unpaired) electrons. The third-order valence-electron chi connectivity index (χ3n) is 0.600. The van der Waals surface area contributed by atoms with Crippen molar-refractivity contribution in [2.24, 2.45) is 5.73 Å². The second-order valence-electron chi connectivity index (χ2n) is 1.29. The van der Waals surface area contributed by atoms with E-state index in [2.05, 4.69) is 17.5 Å². The first-order chi connectivity index (χ1) is 4.70. The summed E-state index contributed by atoms with van der Waals surface area (Å²) in [6.07, 6.45) is 1.16. The van der Waals surface area contributed by atoms with Crippen LogP contribution in [0.15, 0.2) is 11.8 Å². The lowest BCUT2D eigenvalue weighted by molar-refractivity contribution is 1.26. The summed E-state index contributed by atoms with van der Waals surface area (Å²) in [6.45, 7) is 0. The smallest absolute Gasteiger partial charge is 0.167 e. The van der Waals surface area contributed by atoms with Crippen molar-refractivity contribution in [3.05, 3.63) is 11.8 Å². The van der Waals surface area contributed by atoms with E-state index in [-0.39, 0.29) is 10.7 Å². The summed E-state index contributed by atoms with van der Waals surface area (Å²) in [5.74, 6) is 0. The molecule has 0 aliphatic rings.